The standard InChI is InChI=1S/C17H19NS.C4H4O4/c1-2-8-16(9-3-1)19-17-10-6-7-15(13-17)14-18-11-4-5-12-18;5-3(6)1-2-4(7)8/h1-3,6-10,13H,4-5,11-12,14H2;1-2H,(H,5,6)(H,7,8)/b;2-1-. The third kappa shape index (κ3) is 8.57. The van der Waals surface area contributed by atoms with E-state index in [2.05, 4.69) is 59.5 Å². The molecule has 1 aliphatic rings. The van der Waals surface area contributed by atoms with Crippen LogP contribution in [-0.4, -0.2) is 40.1 Å². The first-order chi connectivity index (χ1) is 13.0. The van der Waals surface area contributed by atoms with Crippen LogP contribution in [0.25, 0.3) is 0 Å². The Kier molecular flexibility index (Phi) is 8.61. The van der Waals surface area contributed by atoms with Crippen molar-refractivity contribution in [2.45, 2.75) is 29.2 Å². The number of likely N-dealkylation sites (tertiary alicyclic amines) is 1. The Morgan fingerprint density at radius 3 is 2.07 bits per heavy atom. The van der Waals surface area contributed by atoms with Crippen LogP contribution in [0.15, 0.2) is 76.5 Å². The number of benzene rings is 2. The van der Waals surface area contributed by atoms with E-state index in [4.69, 9.17) is 10.2 Å². The molecule has 1 heterocycles. The molecular weight excluding hydrogens is 362 g/mol. The number of carboxylic acid groups (broad SMARTS) is 2. The molecule has 3 rings (SSSR count). The number of carboxylic acids is 2. The molecule has 0 aliphatic carbocycles. The molecule has 0 atom stereocenters. The van der Waals surface area contributed by atoms with Crippen molar-refractivity contribution >= 4 is 23.7 Å². The van der Waals surface area contributed by atoms with E-state index >= 15 is 0 Å². The molecule has 2 aromatic carbocycles. The van der Waals surface area contributed by atoms with Gasteiger partial charge in [0, 0.05) is 28.5 Å². The molecule has 2 N–H and O–H groups in total. The largest absolute Gasteiger partial charge is 0.478 e. The summed E-state index contributed by atoms with van der Waals surface area (Å²) in [6.45, 7) is 3.62. The van der Waals surface area contributed by atoms with Gasteiger partial charge in [-0.1, -0.05) is 42.1 Å². The van der Waals surface area contributed by atoms with Gasteiger partial charge in [0.05, 0.1) is 0 Å². The molecule has 0 aromatic heterocycles. The monoisotopic (exact) mass is 385 g/mol. The van der Waals surface area contributed by atoms with Gasteiger partial charge in [0.1, 0.15) is 0 Å². The lowest BCUT2D eigenvalue weighted by Crippen LogP contribution is -2.18. The zero-order valence-electron chi connectivity index (χ0n) is 15.0. The van der Waals surface area contributed by atoms with E-state index in [9.17, 15) is 9.59 Å². The minimum atomic E-state index is -1.26. The van der Waals surface area contributed by atoms with E-state index in [1.807, 2.05) is 11.8 Å². The molecule has 2 aromatic rings. The molecular formula is C21H23NO4S. The summed E-state index contributed by atoms with van der Waals surface area (Å²) in [7, 11) is 0. The lowest BCUT2D eigenvalue weighted by molar-refractivity contribution is -0.134. The molecule has 0 saturated carbocycles. The van der Waals surface area contributed by atoms with E-state index in [0.717, 1.165) is 6.54 Å². The average Bonchev–Trinajstić information content (AvgIpc) is 3.15. The van der Waals surface area contributed by atoms with Gasteiger partial charge >= 0.3 is 11.9 Å². The van der Waals surface area contributed by atoms with Crippen molar-refractivity contribution in [3.05, 3.63) is 72.3 Å². The van der Waals surface area contributed by atoms with Crippen molar-refractivity contribution in [2.75, 3.05) is 13.1 Å². The zero-order valence-corrected chi connectivity index (χ0v) is 15.8. The lowest BCUT2D eigenvalue weighted by atomic mass is 10.2. The second-order valence-electron chi connectivity index (χ2n) is 6.06. The van der Waals surface area contributed by atoms with Crippen molar-refractivity contribution in [1.82, 2.24) is 4.90 Å². The number of hydrogen-bond donors (Lipinski definition) is 2. The Bertz CT molecular complexity index is 755. The maximum Gasteiger partial charge on any atom is 0.328 e. The first-order valence-corrected chi connectivity index (χ1v) is 9.53. The highest BCUT2D eigenvalue weighted by Gasteiger charge is 2.11. The van der Waals surface area contributed by atoms with E-state index in [1.54, 1.807) is 0 Å². The quantitative estimate of drug-likeness (QED) is 0.728. The summed E-state index contributed by atoms with van der Waals surface area (Å²) in [5.74, 6) is -2.51. The summed E-state index contributed by atoms with van der Waals surface area (Å²) in [5, 5.41) is 15.6. The molecule has 6 heteroatoms. The topological polar surface area (TPSA) is 77.8 Å². The molecule has 0 bridgehead atoms. The Hall–Kier alpha value is -2.57. The Morgan fingerprint density at radius 1 is 0.889 bits per heavy atom. The average molecular weight is 385 g/mol. The van der Waals surface area contributed by atoms with Crippen LogP contribution < -0.4 is 0 Å². The molecule has 1 saturated heterocycles. The molecule has 1 aliphatic heterocycles. The van der Waals surface area contributed by atoms with Gasteiger partial charge in [-0.05, 0) is 55.8 Å². The van der Waals surface area contributed by atoms with Crippen molar-refractivity contribution in [1.29, 1.82) is 0 Å². The van der Waals surface area contributed by atoms with Crippen LogP contribution in [0.5, 0.6) is 0 Å². The van der Waals surface area contributed by atoms with E-state index in [0.29, 0.717) is 12.2 Å². The second kappa shape index (κ2) is 11.2. The fraction of sp³-hybridized carbons (Fsp3) is 0.238. The molecule has 1 fully saturated rings. The molecule has 27 heavy (non-hydrogen) atoms. The van der Waals surface area contributed by atoms with Crippen LogP contribution in [0.4, 0.5) is 0 Å². The van der Waals surface area contributed by atoms with Crippen LogP contribution in [0.1, 0.15) is 18.4 Å². The highest BCUT2D eigenvalue weighted by Crippen LogP contribution is 2.28. The summed E-state index contributed by atoms with van der Waals surface area (Å²) in [5.41, 5.74) is 1.43. The van der Waals surface area contributed by atoms with Crippen molar-refractivity contribution in [2.24, 2.45) is 0 Å². The third-order valence-corrected chi connectivity index (χ3v) is 4.85. The molecule has 0 spiro atoms. The Morgan fingerprint density at radius 2 is 1.48 bits per heavy atom. The molecule has 5 nitrogen and oxygen atoms in total. The summed E-state index contributed by atoms with van der Waals surface area (Å²) in [6.07, 6.45) is 3.83. The minimum Gasteiger partial charge on any atom is -0.478 e. The SMILES string of the molecule is O=C(O)/C=C\C(=O)O.c1ccc(Sc2cccc(CN3CCCC3)c2)cc1. The van der Waals surface area contributed by atoms with Gasteiger partial charge in [-0.25, -0.2) is 9.59 Å². The molecule has 0 radical (unpaired) electrons. The first-order valence-electron chi connectivity index (χ1n) is 8.71. The van der Waals surface area contributed by atoms with Gasteiger partial charge < -0.3 is 10.2 Å². The zero-order chi connectivity index (χ0) is 19.5. The number of nitrogens with zero attached hydrogens (tertiary/aromatic N) is 1. The van der Waals surface area contributed by atoms with Crippen LogP contribution >= 0.6 is 11.8 Å². The molecule has 0 unspecified atom stereocenters. The van der Waals surface area contributed by atoms with Crippen molar-refractivity contribution in [3.63, 3.8) is 0 Å². The predicted octanol–water partition coefficient (Wildman–Crippen LogP) is 4.15. The van der Waals surface area contributed by atoms with Crippen molar-refractivity contribution in [3.8, 4) is 0 Å². The fourth-order valence-electron chi connectivity index (χ4n) is 2.67. The highest BCUT2D eigenvalue weighted by molar-refractivity contribution is 7.99. The van der Waals surface area contributed by atoms with Gasteiger partial charge in [0.2, 0.25) is 0 Å². The predicted molar refractivity (Wildman–Crippen MR) is 106 cm³/mol. The maximum absolute atomic E-state index is 9.55. The molecule has 0 amide bonds. The van der Waals surface area contributed by atoms with Gasteiger partial charge in [0.15, 0.2) is 0 Å². The number of hydrogen-bond acceptors (Lipinski definition) is 4. The van der Waals surface area contributed by atoms with E-state index in [-0.39, 0.29) is 0 Å². The summed E-state index contributed by atoms with van der Waals surface area (Å²) >= 11 is 1.84. The fourth-order valence-corrected chi connectivity index (χ4v) is 3.60. The van der Waals surface area contributed by atoms with Gasteiger partial charge in [-0.2, -0.15) is 0 Å². The number of aliphatic carboxylic acids is 2. The smallest absolute Gasteiger partial charge is 0.328 e. The third-order valence-electron chi connectivity index (χ3n) is 3.85. The second-order valence-corrected chi connectivity index (χ2v) is 7.20. The van der Waals surface area contributed by atoms with Gasteiger partial charge in [0.25, 0.3) is 0 Å². The summed E-state index contributed by atoms with van der Waals surface area (Å²) in [6, 6.07) is 19.5. The van der Waals surface area contributed by atoms with Crippen LogP contribution in [0.2, 0.25) is 0 Å². The highest BCUT2D eigenvalue weighted by atomic mass is 32.2. The van der Waals surface area contributed by atoms with Crippen LogP contribution in [-0.2, 0) is 16.1 Å². The van der Waals surface area contributed by atoms with Crippen molar-refractivity contribution < 1.29 is 19.8 Å². The van der Waals surface area contributed by atoms with Gasteiger partial charge in [-0.3, -0.25) is 4.90 Å². The Labute approximate surface area is 163 Å². The number of rotatable bonds is 6. The minimum absolute atomic E-state index is 0.558. The molecule has 142 valence electrons. The lowest BCUT2D eigenvalue weighted by Gasteiger charge is -2.15. The van der Waals surface area contributed by atoms with Crippen LogP contribution in [0, 0.1) is 0 Å². The summed E-state index contributed by atoms with van der Waals surface area (Å²) < 4.78 is 0. The van der Waals surface area contributed by atoms with Crippen LogP contribution in [0.3, 0.4) is 0 Å². The normalized spacial score (nSPS) is 13.9. The first kappa shape index (κ1) is 20.7. The number of carbonyl (C=O) groups is 2. The Balaban J connectivity index is 0.000000279. The van der Waals surface area contributed by atoms with Gasteiger partial charge in [-0.15, -0.1) is 0 Å². The van der Waals surface area contributed by atoms with E-state index < -0.39 is 11.9 Å². The van der Waals surface area contributed by atoms with E-state index in [1.165, 1.54) is 41.3 Å². The maximum atomic E-state index is 9.55. The summed E-state index contributed by atoms with van der Waals surface area (Å²) in [4.78, 5) is 24.3.